The molecule has 1 aliphatic heterocycles. The van der Waals surface area contributed by atoms with Crippen LogP contribution in [0.5, 0.6) is 11.5 Å². The summed E-state index contributed by atoms with van der Waals surface area (Å²) < 4.78 is 11.2. The van der Waals surface area contributed by atoms with Gasteiger partial charge in [-0.05, 0) is 37.3 Å². The summed E-state index contributed by atoms with van der Waals surface area (Å²) in [4.78, 5) is 2.49. The lowest BCUT2D eigenvalue weighted by Crippen LogP contribution is -2.30. The van der Waals surface area contributed by atoms with Gasteiger partial charge in [-0.1, -0.05) is 31.4 Å². The van der Waals surface area contributed by atoms with Gasteiger partial charge in [0.25, 0.3) is 0 Å². The van der Waals surface area contributed by atoms with Crippen molar-refractivity contribution in [3.05, 3.63) is 29.5 Å². The van der Waals surface area contributed by atoms with Crippen molar-refractivity contribution >= 4 is 13.8 Å². The van der Waals surface area contributed by atoms with Gasteiger partial charge in [0.1, 0.15) is 11.5 Å². The SMILES string of the molecule is COc1cc(C/C=C/[Si](C)(C)C)c(N2CCCCC2)c(OC)c1. The van der Waals surface area contributed by atoms with Gasteiger partial charge in [-0.2, -0.15) is 0 Å². The minimum atomic E-state index is -1.17. The maximum Gasteiger partial charge on any atom is 0.146 e. The van der Waals surface area contributed by atoms with Gasteiger partial charge in [0.15, 0.2) is 0 Å². The molecule has 2 rings (SSSR count). The molecule has 1 aliphatic rings. The minimum Gasteiger partial charge on any atom is -0.497 e. The van der Waals surface area contributed by atoms with Crippen molar-refractivity contribution in [1.82, 2.24) is 0 Å². The van der Waals surface area contributed by atoms with E-state index in [0.29, 0.717) is 0 Å². The van der Waals surface area contributed by atoms with Gasteiger partial charge in [-0.3, -0.25) is 0 Å². The number of rotatable bonds is 6. The van der Waals surface area contributed by atoms with E-state index in [0.717, 1.165) is 31.0 Å². The maximum atomic E-state index is 5.69. The van der Waals surface area contributed by atoms with Gasteiger partial charge in [0.2, 0.25) is 0 Å². The number of piperidine rings is 1. The number of nitrogens with zero attached hydrogens (tertiary/aromatic N) is 1. The fourth-order valence-corrected chi connectivity index (χ4v) is 3.91. The van der Waals surface area contributed by atoms with Crippen LogP contribution in [0.3, 0.4) is 0 Å². The minimum absolute atomic E-state index is 0.874. The first-order chi connectivity index (χ1) is 10.9. The normalized spacial score (nSPS) is 16.0. The molecular weight excluding hydrogens is 302 g/mol. The zero-order valence-corrected chi connectivity index (χ0v) is 16.3. The van der Waals surface area contributed by atoms with Crippen LogP contribution < -0.4 is 14.4 Å². The van der Waals surface area contributed by atoms with E-state index in [1.54, 1.807) is 14.2 Å². The van der Waals surface area contributed by atoms with Gasteiger partial charge in [0.05, 0.1) is 28.0 Å². The highest BCUT2D eigenvalue weighted by molar-refractivity contribution is 6.80. The van der Waals surface area contributed by atoms with Crippen molar-refractivity contribution in [2.45, 2.75) is 45.3 Å². The molecule has 3 nitrogen and oxygen atoms in total. The van der Waals surface area contributed by atoms with E-state index in [-0.39, 0.29) is 0 Å². The highest BCUT2D eigenvalue weighted by atomic mass is 28.3. The first-order valence-corrected chi connectivity index (χ1v) is 12.2. The van der Waals surface area contributed by atoms with E-state index < -0.39 is 8.07 Å². The lowest BCUT2D eigenvalue weighted by molar-refractivity contribution is 0.392. The van der Waals surface area contributed by atoms with Crippen LogP contribution in [0.2, 0.25) is 19.6 Å². The molecule has 0 spiro atoms. The Bertz CT molecular complexity index is 543. The lowest BCUT2D eigenvalue weighted by Gasteiger charge is -2.32. The third-order valence-corrected chi connectivity index (χ3v) is 5.45. The molecule has 0 aromatic heterocycles. The number of benzene rings is 1. The van der Waals surface area contributed by atoms with E-state index in [2.05, 4.69) is 42.4 Å². The molecule has 1 heterocycles. The highest BCUT2D eigenvalue weighted by Crippen LogP contribution is 2.38. The van der Waals surface area contributed by atoms with Crippen LogP contribution in [0, 0.1) is 0 Å². The molecule has 0 N–H and O–H groups in total. The predicted octanol–water partition coefficient (Wildman–Crippen LogP) is 4.67. The summed E-state index contributed by atoms with van der Waals surface area (Å²) in [6.45, 7) is 9.32. The van der Waals surface area contributed by atoms with Crippen molar-refractivity contribution in [3.8, 4) is 11.5 Å². The fourth-order valence-electron chi connectivity index (χ4n) is 3.08. The molecular formula is C19H31NO2Si. The van der Waals surface area contributed by atoms with Crippen molar-refractivity contribution in [2.24, 2.45) is 0 Å². The molecule has 0 saturated carbocycles. The summed E-state index contributed by atoms with van der Waals surface area (Å²) in [5.74, 6) is 1.81. The fraction of sp³-hybridized carbons (Fsp3) is 0.579. The average molecular weight is 334 g/mol. The van der Waals surface area contributed by atoms with E-state index in [1.165, 1.54) is 30.5 Å². The Morgan fingerprint density at radius 1 is 1.04 bits per heavy atom. The third kappa shape index (κ3) is 5.03. The van der Waals surface area contributed by atoms with Crippen LogP contribution in [0.25, 0.3) is 0 Å². The smallest absolute Gasteiger partial charge is 0.146 e. The zero-order valence-electron chi connectivity index (χ0n) is 15.3. The molecule has 23 heavy (non-hydrogen) atoms. The zero-order chi connectivity index (χ0) is 16.9. The molecule has 1 aromatic carbocycles. The summed E-state index contributed by atoms with van der Waals surface area (Å²) >= 11 is 0. The van der Waals surface area contributed by atoms with E-state index in [9.17, 15) is 0 Å². The van der Waals surface area contributed by atoms with E-state index >= 15 is 0 Å². The monoisotopic (exact) mass is 333 g/mol. The van der Waals surface area contributed by atoms with Crippen molar-refractivity contribution < 1.29 is 9.47 Å². The predicted molar refractivity (Wildman–Crippen MR) is 102 cm³/mol. The number of ether oxygens (including phenoxy) is 2. The number of allylic oxidation sites excluding steroid dienone is 1. The topological polar surface area (TPSA) is 21.7 Å². The summed E-state index contributed by atoms with van der Waals surface area (Å²) in [5, 5.41) is 0. The summed E-state index contributed by atoms with van der Waals surface area (Å²) in [5.41, 5.74) is 4.98. The maximum absolute atomic E-state index is 5.69. The highest BCUT2D eigenvalue weighted by Gasteiger charge is 2.20. The molecule has 0 amide bonds. The van der Waals surface area contributed by atoms with Crippen LogP contribution in [0.4, 0.5) is 5.69 Å². The number of anilines is 1. The molecule has 1 fully saturated rings. The average Bonchev–Trinajstić information content (AvgIpc) is 2.53. The van der Waals surface area contributed by atoms with Gasteiger partial charge in [-0.25, -0.2) is 0 Å². The van der Waals surface area contributed by atoms with Crippen molar-refractivity contribution in [1.29, 1.82) is 0 Å². The first-order valence-electron chi connectivity index (χ1n) is 8.62. The Kier molecular flexibility index (Phi) is 6.16. The molecule has 0 unspecified atom stereocenters. The van der Waals surface area contributed by atoms with Crippen LogP contribution in [-0.2, 0) is 6.42 Å². The molecule has 0 radical (unpaired) electrons. The molecule has 4 heteroatoms. The van der Waals surface area contributed by atoms with Crippen LogP contribution in [-0.4, -0.2) is 35.4 Å². The van der Waals surface area contributed by atoms with Gasteiger partial charge in [0, 0.05) is 19.2 Å². The summed E-state index contributed by atoms with van der Waals surface area (Å²) in [7, 11) is 2.30. The standard InChI is InChI=1S/C19H31NO2Si/c1-21-17-14-16(10-9-13-23(3,4)5)19(18(15-17)22-2)20-11-7-6-8-12-20/h9,13-15H,6-8,10-12H2,1-5H3/b13-9+. The summed E-state index contributed by atoms with van der Waals surface area (Å²) in [6, 6.07) is 4.18. The van der Waals surface area contributed by atoms with Gasteiger partial charge < -0.3 is 14.4 Å². The largest absolute Gasteiger partial charge is 0.497 e. The molecule has 0 atom stereocenters. The third-order valence-electron chi connectivity index (χ3n) is 4.21. The second kappa shape index (κ2) is 7.91. The summed E-state index contributed by atoms with van der Waals surface area (Å²) in [6.07, 6.45) is 7.12. The number of methoxy groups -OCH3 is 2. The number of hydrogen-bond donors (Lipinski definition) is 0. The van der Waals surface area contributed by atoms with Crippen molar-refractivity contribution in [2.75, 3.05) is 32.2 Å². The second-order valence-electron chi connectivity index (χ2n) is 7.36. The second-order valence-corrected chi connectivity index (χ2v) is 12.4. The van der Waals surface area contributed by atoms with E-state index in [1.807, 2.05) is 6.07 Å². The Labute approximate surface area is 142 Å². The number of hydrogen-bond acceptors (Lipinski definition) is 3. The Morgan fingerprint density at radius 2 is 1.74 bits per heavy atom. The Balaban J connectivity index is 2.37. The van der Waals surface area contributed by atoms with E-state index in [4.69, 9.17) is 9.47 Å². The molecule has 128 valence electrons. The molecule has 1 saturated heterocycles. The molecule has 0 aliphatic carbocycles. The Hall–Kier alpha value is -1.42. The quantitative estimate of drug-likeness (QED) is 0.706. The van der Waals surface area contributed by atoms with Crippen LogP contribution in [0.15, 0.2) is 23.9 Å². The van der Waals surface area contributed by atoms with Crippen molar-refractivity contribution in [3.63, 3.8) is 0 Å². The Morgan fingerprint density at radius 3 is 2.30 bits per heavy atom. The lowest BCUT2D eigenvalue weighted by atomic mass is 10.0. The first kappa shape index (κ1) is 17.9. The van der Waals surface area contributed by atoms with Crippen LogP contribution in [0.1, 0.15) is 24.8 Å². The molecule has 1 aromatic rings. The van der Waals surface area contributed by atoms with Gasteiger partial charge >= 0.3 is 0 Å². The van der Waals surface area contributed by atoms with Gasteiger partial charge in [-0.15, -0.1) is 0 Å². The molecule has 0 bridgehead atoms. The van der Waals surface area contributed by atoms with Crippen LogP contribution >= 0.6 is 0 Å².